The average molecular weight is 298 g/mol. The van der Waals surface area contributed by atoms with Crippen molar-refractivity contribution in [2.24, 2.45) is 0 Å². The van der Waals surface area contributed by atoms with E-state index in [-0.39, 0.29) is 0 Å². The van der Waals surface area contributed by atoms with Gasteiger partial charge in [0.2, 0.25) is 5.95 Å². The summed E-state index contributed by atoms with van der Waals surface area (Å²) in [7, 11) is 1.84. The van der Waals surface area contributed by atoms with Crippen LogP contribution in [0.15, 0.2) is 42.7 Å². The molecule has 6 nitrogen and oxygen atoms in total. The summed E-state index contributed by atoms with van der Waals surface area (Å²) in [5, 5.41) is 7.02. The Balaban J connectivity index is 1.84. The van der Waals surface area contributed by atoms with Gasteiger partial charge in [-0.1, -0.05) is 11.3 Å². The molecule has 21 heavy (non-hydrogen) atoms. The van der Waals surface area contributed by atoms with E-state index in [1.54, 1.807) is 23.7 Å². The number of thiazole rings is 1. The van der Waals surface area contributed by atoms with E-state index in [1.165, 1.54) is 0 Å². The zero-order valence-corrected chi connectivity index (χ0v) is 12.2. The van der Waals surface area contributed by atoms with Crippen LogP contribution >= 0.6 is 11.3 Å². The first-order valence-electron chi connectivity index (χ1n) is 6.34. The van der Waals surface area contributed by atoms with Crippen LogP contribution in [-0.4, -0.2) is 22.0 Å². The van der Waals surface area contributed by atoms with Crippen molar-refractivity contribution in [3.05, 3.63) is 42.7 Å². The van der Waals surface area contributed by atoms with Crippen molar-refractivity contribution in [1.29, 1.82) is 0 Å². The Kier molecular flexibility index (Phi) is 3.65. The number of nitrogens with zero attached hydrogens (tertiary/aromatic N) is 3. The molecule has 2 aromatic heterocycles. The van der Waals surface area contributed by atoms with Crippen LogP contribution in [0.2, 0.25) is 0 Å². The number of hydrogen-bond donors (Lipinski definition) is 3. The number of aromatic nitrogens is 3. The number of nitrogen functional groups attached to an aromatic ring is 1. The van der Waals surface area contributed by atoms with Crippen molar-refractivity contribution in [3.63, 3.8) is 0 Å². The zero-order valence-electron chi connectivity index (χ0n) is 11.4. The van der Waals surface area contributed by atoms with Crippen LogP contribution < -0.4 is 16.4 Å². The summed E-state index contributed by atoms with van der Waals surface area (Å²) in [5.41, 5.74) is 8.11. The van der Waals surface area contributed by atoms with Gasteiger partial charge in [0, 0.05) is 30.8 Å². The second-order valence-corrected chi connectivity index (χ2v) is 5.32. The molecule has 0 bridgehead atoms. The molecule has 0 fully saturated rings. The molecule has 0 saturated carbocycles. The lowest BCUT2D eigenvalue weighted by Crippen LogP contribution is -1.97. The Morgan fingerprint density at radius 3 is 2.62 bits per heavy atom. The lowest BCUT2D eigenvalue weighted by molar-refractivity contribution is 1.17. The molecule has 106 valence electrons. The highest BCUT2D eigenvalue weighted by Crippen LogP contribution is 2.27. The molecular formula is C14H14N6S. The predicted octanol–water partition coefficient (Wildman–Crippen LogP) is 2.97. The quantitative estimate of drug-likeness (QED) is 0.642. The molecule has 1 aromatic carbocycles. The maximum absolute atomic E-state index is 5.67. The maximum atomic E-state index is 5.67. The van der Waals surface area contributed by atoms with Crippen LogP contribution in [0, 0.1) is 0 Å². The summed E-state index contributed by atoms with van der Waals surface area (Å²) in [6.07, 6.45) is 3.52. The molecular weight excluding hydrogens is 284 g/mol. The van der Waals surface area contributed by atoms with Gasteiger partial charge in [0.1, 0.15) is 0 Å². The largest absolute Gasteiger partial charge is 0.399 e. The third kappa shape index (κ3) is 3.09. The number of anilines is 4. The number of nitrogens with two attached hydrogens (primary N) is 1. The van der Waals surface area contributed by atoms with Crippen molar-refractivity contribution < 1.29 is 0 Å². The van der Waals surface area contributed by atoms with E-state index < -0.39 is 0 Å². The third-order valence-corrected chi connectivity index (χ3v) is 3.83. The number of hydrogen-bond acceptors (Lipinski definition) is 7. The number of nitrogens with one attached hydrogen (secondary N) is 2. The Hall–Kier alpha value is -2.67. The molecule has 2 heterocycles. The molecule has 7 heteroatoms. The van der Waals surface area contributed by atoms with Gasteiger partial charge in [-0.3, -0.25) is 0 Å². The fraction of sp³-hybridized carbons (Fsp3) is 0.0714. The molecule has 0 atom stereocenters. The molecule has 4 N–H and O–H groups in total. The topological polar surface area (TPSA) is 88.8 Å². The van der Waals surface area contributed by atoms with Crippen LogP contribution in [0.3, 0.4) is 0 Å². The van der Waals surface area contributed by atoms with Crippen molar-refractivity contribution in [2.75, 3.05) is 23.4 Å². The van der Waals surface area contributed by atoms with E-state index >= 15 is 0 Å². The first kappa shape index (κ1) is 13.3. The highest BCUT2D eigenvalue weighted by Gasteiger charge is 2.06. The van der Waals surface area contributed by atoms with E-state index in [9.17, 15) is 0 Å². The van der Waals surface area contributed by atoms with Crippen LogP contribution in [-0.2, 0) is 0 Å². The summed E-state index contributed by atoms with van der Waals surface area (Å²) in [6, 6.07) is 9.29. The van der Waals surface area contributed by atoms with E-state index in [0.29, 0.717) is 5.95 Å². The van der Waals surface area contributed by atoms with E-state index in [4.69, 9.17) is 5.73 Å². The molecule has 0 saturated heterocycles. The Morgan fingerprint density at radius 1 is 1.10 bits per heavy atom. The van der Waals surface area contributed by atoms with Gasteiger partial charge in [-0.25, -0.2) is 15.0 Å². The van der Waals surface area contributed by atoms with Crippen LogP contribution in [0.25, 0.3) is 10.6 Å². The van der Waals surface area contributed by atoms with E-state index in [0.717, 1.165) is 27.1 Å². The molecule has 0 aliphatic rings. The summed E-state index contributed by atoms with van der Waals surface area (Å²) in [4.78, 5) is 14.0. The van der Waals surface area contributed by atoms with Gasteiger partial charge >= 0.3 is 0 Å². The average Bonchev–Trinajstić information content (AvgIpc) is 2.99. The molecule has 3 aromatic rings. The summed E-state index contributed by atoms with van der Waals surface area (Å²) >= 11 is 1.55. The summed E-state index contributed by atoms with van der Waals surface area (Å²) in [5.74, 6) is 0.539. The zero-order chi connectivity index (χ0) is 14.7. The molecule has 3 rings (SSSR count). The molecule has 0 spiro atoms. The van der Waals surface area contributed by atoms with Crippen molar-refractivity contribution >= 4 is 33.8 Å². The van der Waals surface area contributed by atoms with Crippen LogP contribution in [0.4, 0.5) is 22.5 Å². The van der Waals surface area contributed by atoms with Gasteiger partial charge in [-0.2, -0.15) is 0 Å². The van der Waals surface area contributed by atoms with Crippen LogP contribution in [0.1, 0.15) is 0 Å². The van der Waals surface area contributed by atoms with Gasteiger partial charge in [0.05, 0.1) is 10.6 Å². The highest BCUT2D eigenvalue weighted by atomic mass is 32.1. The van der Waals surface area contributed by atoms with Gasteiger partial charge in [-0.15, -0.1) is 0 Å². The molecule has 0 radical (unpaired) electrons. The van der Waals surface area contributed by atoms with Gasteiger partial charge in [-0.05, 0) is 30.3 Å². The smallest absolute Gasteiger partial charge is 0.227 e. The first-order chi connectivity index (χ1) is 10.2. The normalized spacial score (nSPS) is 10.3. The summed E-state index contributed by atoms with van der Waals surface area (Å²) in [6.45, 7) is 0. The molecule has 0 unspecified atom stereocenters. The van der Waals surface area contributed by atoms with E-state index in [1.807, 2.05) is 37.4 Å². The van der Waals surface area contributed by atoms with Gasteiger partial charge in [0.25, 0.3) is 0 Å². The first-order valence-corrected chi connectivity index (χ1v) is 7.16. The van der Waals surface area contributed by atoms with Gasteiger partial charge in [0.15, 0.2) is 5.13 Å². The minimum Gasteiger partial charge on any atom is -0.399 e. The minimum atomic E-state index is 0.539. The fourth-order valence-electron chi connectivity index (χ4n) is 1.76. The summed E-state index contributed by atoms with van der Waals surface area (Å²) < 4.78 is 0. The molecule has 0 aliphatic carbocycles. The van der Waals surface area contributed by atoms with Crippen molar-refractivity contribution in [2.45, 2.75) is 0 Å². The lowest BCUT2D eigenvalue weighted by Gasteiger charge is -2.05. The monoisotopic (exact) mass is 298 g/mol. The molecule has 0 aliphatic heterocycles. The Labute approximate surface area is 126 Å². The van der Waals surface area contributed by atoms with E-state index in [2.05, 4.69) is 25.6 Å². The standard InChI is InChI=1S/C14H14N6S/c1-16-14-18-8-12(21-14)11-6-7-17-13(20-11)19-10-4-2-9(15)3-5-10/h2-8H,15H2,1H3,(H,16,18)(H,17,19,20). The van der Waals surface area contributed by atoms with Gasteiger partial charge < -0.3 is 16.4 Å². The predicted molar refractivity (Wildman–Crippen MR) is 86.8 cm³/mol. The second-order valence-electron chi connectivity index (χ2n) is 4.29. The Bertz CT molecular complexity index is 737. The minimum absolute atomic E-state index is 0.539. The number of benzene rings is 1. The Morgan fingerprint density at radius 2 is 1.90 bits per heavy atom. The SMILES string of the molecule is CNc1ncc(-c2ccnc(Nc3ccc(N)cc3)n2)s1. The number of rotatable bonds is 4. The molecule has 0 amide bonds. The highest BCUT2D eigenvalue weighted by molar-refractivity contribution is 7.18. The lowest BCUT2D eigenvalue weighted by atomic mass is 10.3. The third-order valence-electron chi connectivity index (χ3n) is 2.79. The van der Waals surface area contributed by atoms with Crippen molar-refractivity contribution in [3.8, 4) is 10.6 Å². The van der Waals surface area contributed by atoms with Crippen molar-refractivity contribution in [1.82, 2.24) is 15.0 Å². The second kappa shape index (κ2) is 5.76. The van der Waals surface area contributed by atoms with Crippen LogP contribution in [0.5, 0.6) is 0 Å². The maximum Gasteiger partial charge on any atom is 0.227 e. The fourth-order valence-corrected chi connectivity index (χ4v) is 2.50.